The quantitative estimate of drug-likeness (QED) is 0.234. The third-order valence-electron chi connectivity index (χ3n) is 7.77. The predicted molar refractivity (Wildman–Crippen MR) is 133 cm³/mol. The van der Waals surface area contributed by atoms with E-state index in [0.29, 0.717) is 18.0 Å². The van der Waals surface area contributed by atoms with Crippen LogP contribution in [0.3, 0.4) is 0 Å². The summed E-state index contributed by atoms with van der Waals surface area (Å²) in [5.41, 5.74) is 5.53. The molecule has 0 radical (unpaired) electrons. The van der Waals surface area contributed by atoms with Crippen LogP contribution in [-0.2, 0) is 19.2 Å². The number of nitrogens with two attached hydrogens (primary N) is 1. The van der Waals surface area contributed by atoms with Gasteiger partial charge in [0.2, 0.25) is 11.8 Å². The minimum atomic E-state index is -1.12. The van der Waals surface area contributed by atoms with E-state index < -0.39 is 18.2 Å². The first-order chi connectivity index (χ1) is 17.1. The number of rotatable bonds is 11. The highest BCUT2D eigenvalue weighted by molar-refractivity contribution is 8.03. The molecule has 10 nitrogen and oxygen atoms in total. The number of fused-ring (bicyclic) bond motifs is 1. The van der Waals surface area contributed by atoms with Crippen LogP contribution in [0.5, 0.6) is 0 Å². The van der Waals surface area contributed by atoms with E-state index in [1.165, 1.54) is 16.7 Å². The highest BCUT2D eigenvalue weighted by Crippen LogP contribution is 2.53. The number of ketones is 1. The number of hydrogen-bond donors (Lipinski definition) is 5. The normalized spacial score (nSPS) is 34.5. The van der Waals surface area contributed by atoms with Crippen LogP contribution in [0.4, 0.5) is 4.39 Å². The molecule has 3 fully saturated rings. The summed E-state index contributed by atoms with van der Waals surface area (Å²) in [6.07, 6.45) is 0.451. The van der Waals surface area contributed by atoms with E-state index in [0.717, 1.165) is 6.42 Å². The van der Waals surface area contributed by atoms with Crippen molar-refractivity contribution in [3.8, 4) is 0 Å². The van der Waals surface area contributed by atoms with Gasteiger partial charge < -0.3 is 31.7 Å². The van der Waals surface area contributed by atoms with Gasteiger partial charge in [0.15, 0.2) is 0 Å². The van der Waals surface area contributed by atoms with Crippen molar-refractivity contribution in [1.29, 1.82) is 0 Å². The Morgan fingerprint density at radius 1 is 1.28 bits per heavy atom. The second kappa shape index (κ2) is 11.2. The van der Waals surface area contributed by atoms with Gasteiger partial charge in [-0.05, 0) is 18.9 Å². The maximum absolute atomic E-state index is 13.3. The molecule has 4 aliphatic rings. The van der Waals surface area contributed by atoms with Crippen LogP contribution in [-0.4, -0.2) is 89.3 Å². The molecule has 6 N–H and O–H groups in total. The Bertz CT molecular complexity index is 948. The Balaban J connectivity index is 1.35. The van der Waals surface area contributed by atoms with Crippen molar-refractivity contribution in [2.45, 2.75) is 69.1 Å². The number of carbonyl (C=O) groups is 4. The third kappa shape index (κ3) is 5.32. The average molecular weight is 526 g/mol. The van der Waals surface area contributed by atoms with Gasteiger partial charge in [-0.3, -0.25) is 14.4 Å². The minimum Gasteiger partial charge on any atom is -0.477 e. The number of hydrogen-bond acceptors (Lipinski definition) is 8. The lowest BCUT2D eigenvalue weighted by molar-refractivity contribution is -0.160. The van der Waals surface area contributed by atoms with Gasteiger partial charge in [-0.1, -0.05) is 13.8 Å². The topological polar surface area (TPSA) is 154 Å². The number of alkyl halides is 1. The Morgan fingerprint density at radius 2 is 2.03 bits per heavy atom. The molecule has 0 aromatic heterocycles. The molecule has 8 atom stereocenters. The predicted octanol–water partition coefficient (Wildman–Crippen LogP) is -0.0167. The molecule has 2 amide bonds. The summed E-state index contributed by atoms with van der Waals surface area (Å²) in [5.74, 6) is -2.23. The van der Waals surface area contributed by atoms with Crippen LogP contribution >= 0.6 is 11.8 Å². The second-order valence-corrected chi connectivity index (χ2v) is 11.8. The number of Topliss-reactive ketones (excluding diaryl/α,β-unsaturated/α-hetero) is 1. The fourth-order valence-electron chi connectivity index (χ4n) is 5.96. The number of nitrogens with one attached hydrogen (secondary N) is 3. The largest absolute Gasteiger partial charge is 0.477 e. The number of β-lactam (4-membered cyclic amide) rings is 1. The summed E-state index contributed by atoms with van der Waals surface area (Å²) in [7, 11) is 0. The molecule has 0 aromatic rings. The first kappa shape index (κ1) is 27.0. The molecule has 3 saturated heterocycles. The summed E-state index contributed by atoms with van der Waals surface area (Å²) in [5, 5.41) is 19.2. The molecule has 0 unspecified atom stereocenters. The molecule has 0 spiro atoms. The fourth-order valence-corrected chi connectivity index (χ4v) is 7.48. The number of thioether (sulfide) groups is 1. The van der Waals surface area contributed by atoms with E-state index in [1.54, 1.807) is 0 Å². The maximum atomic E-state index is 13.3. The van der Waals surface area contributed by atoms with E-state index in [9.17, 15) is 28.7 Å². The van der Waals surface area contributed by atoms with Gasteiger partial charge in [0.25, 0.3) is 0 Å². The average Bonchev–Trinajstić information content (AvgIpc) is 3.50. The lowest BCUT2D eigenvalue weighted by atomic mass is 9.73. The van der Waals surface area contributed by atoms with Crippen LogP contribution in [0.15, 0.2) is 10.6 Å². The first-order valence-corrected chi connectivity index (χ1v) is 13.6. The van der Waals surface area contributed by atoms with E-state index >= 15 is 0 Å². The van der Waals surface area contributed by atoms with Crippen LogP contribution in [0.25, 0.3) is 0 Å². The second-order valence-electron chi connectivity index (χ2n) is 10.4. The standard InChI is InChI=1S/C24H36FN5O5S/c1-11(5-15(31)3-4-26)18-19-12(2)21(20(24(34)35)30(19)23(18)33)36-16-7-14(27-10-16)9-29-22(32)17-6-13(25)8-28-17/h11-14,16-19,27-28H,3-10,26H2,1-2H3,(H,29,32)(H,34,35)/t11-,12+,13-,14-,16-,17-,18+,19+/m0/s1. The van der Waals surface area contributed by atoms with Crippen LogP contribution in [0, 0.1) is 17.8 Å². The summed E-state index contributed by atoms with van der Waals surface area (Å²) in [4.78, 5) is 51.6. The maximum Gasteiger partial charge on any atom is 0.353 e. The molecule has 4 heterocycles. The number of carbonyl (C=O) groups excluding carboxylic acids is 3. The van der Waals surface area contributed by atoms with Gasteiger partial charge in [0, 0.05) is 61.0 Å². The van der Waals surface area contributed by atoms with Crippen LogP contribution in [0.1, 0.15) is 39.5 Å². The number of carboxylic acid groups (broad SMARTS) is 1. The minimum absolute atomic E-state index is 0.0197. The Labute approximate surface area is 214 Å². The van der Waals surface area contributed by atoms with Gasteiger partial charge in [0.1, 0.15) is 17.7 Å². The fraction of sp³-hybridized carbons (Fsp3) is 0.750. The molecule has 0 aliphatic carbocycles. The zero-order valence-corrected chi connectivity index (χ0v) is 21.5. The van der Waals surface area contributed by atoms with Gasteiger partial charge in [-0.2, -0.15) is 0 Å². The molecule has 0 bridgehead atoms. The summed E-state index contributed by atoms with van der Waals surface area (Å²) < 4.78 is 13.3. The van der Waals surface area contributed by atoms with Crippen molar-refractivity contribution in [2.24, 2.45) is 23.5 Å². The monoisotopic (exact) mass is 525 g/mol. The Morgan fingerprint density at radius 3 is 2.67 bits per heavy atom. The van der Waals surface area contributed by atoms with Gasteiger partial charge in [-0.15, -0.1) is 11.8 Å². The number of carboxylic acids is 1. The van der Waals surface area contributed by atoms with Gasteiger partial charge in [0.05, 0.1) is 18.0 Å². The van der Waals surface area contributed by atoms with Crippen molar-refractivity contribution in [2.75, 3.05) is 26.2 Å². The molecule has 4 aliphatic heterocycles. The molecule has 0 saturated carbocycles. The van der Waals surface area contributed by atoms with Crippen molar-refractivity contribution in [1.82, 2.24) is 20.9 Å². The summed E-state index contributed by atoms with van der Waals surface area (Å²) >= 11 is 1.49. The van der Waals surface area contributed by atoms with E-state index in [4.69, 9.17) is 5.73 Å². The zero-order valence-electron chi connectivity index (χ0n) is 20.7. The van der Waals surface area contributed by atoms with E-state index in [2.05, 4.69) is 16.0 Å². The summed E-state index contributed by atoms with van der Waals surface area (Å²) in [6, 6.07) is -0.730. The smallest absolute Gasteiger partial charge is 0.353 e. The molecular weight excluding hydrogens is 489 g/mol. The molecule has 12 heteroatoms. The van der Waals surface area contributed by atoms with Crippen molar-refractivity contribution in [3.05, 3.63) is 10.6 Å². The Hall–Kier alpha value is -2.02. The lowest BCUT2D eigenvalue weighted by Crippen LogP contribution is -2.62. The molecule has 200 valence electrons. The third-order valence-corrected chi connectivity index (χ3v) is 9.28. The number of nitrogens with zero attached hydrogens (tertiary/aromatic N) is 1. The highest BCUT2D eigenvalue weighted by Gasteiger charge is 2.60. The molecule has 0 aromatic carbocycles. The molecule has 36 heavy (non-hydrogen) atoms. The van der Waals surface area contributed by atoms with Crippen molar-refractivity contribution >= 4 is 35.3 Å². The van der Waals surface area contributed by atoms with Crippen LogP contribution in [0.2, 0.25) is 0 Å². The number of aliphatic carboxylic acids is 1. The number of amides is 2. The Kier molecular flexibility index (Phi) is 8.38. The highest BCUT2D eigenvalue weighted by atomic mass is 32.2. The lowest BCUT2D eigenvalue weighted by Gasteiger charge is -2.47. The van der Waals surface area contributed by atoms with E-state index in [1.807, 2.05) is 13.8 Å². The molecular formula is C24H36FN5O5S. The van der Waals surface area contributed by atoms with E-state index in [-0.39, 0.29) is 90.7 Å². The van der Waals surface area contributed by atoms with Crippen molar-refractivity contribution < 1.29 is 28.7 Å². The van der Waals surface area contributed by atoms with Crippen molar-refractivity contribution in [3.63, 3.8) is 0 Å². The zero-order chi connectivity index (χ0) is 26.1. The summed E-state index contributed by atoms with van der Waals surface area (Å²) in [6.45, 7) is 5.36. The first-order valence-electron chi connectivity index (χ1n) is 12.7. The molecule has 4 rings (SSSR count). The van der Waals surface area contributed by atoms with Gasteiger partial charge >= 0.3 is 5.97 Å². The van der Waals surface area contributed by atoms with Crippen LogP contribution < -0.4 is 21.7 Å². The SMILES string of the molecule is C[C@@H](CC(=O)CCN)[C@H]1C(=O)N2C(C(=O)O)=C(S[C@@H]3CN[C@H](CNC(=O)[C@@H]4C[C@H](F)CN4)C3)[C@H](C)[C@H]12. The van der Waals surface area contributed by atoms with Gasteiger partial charge in [-0.25, -0.2) is 9.18 Å². The number of halogens is 1.